The normalized spacial score (nSPS) is 9.65. The van der Waals surface area contributed by atoms with Gasteiger partial charge in [-0.2, -0.15) is 10.5 Å². The monoisotopic (exact) mass is 299 g/mol. The second kappa shape index (κ2) is 7.97. The van der Waals surface area contributed by atoms with Crippen LogP contribution in [0.1, 0.15) is 15.9 Å². The molecule has 0 radical (unpaired) electrons. The zero-order valence-electron chi connectivity index (χ0n) is 12.2. The van der Waals surface area contributed by atoms with Crippen LogP contribution in [0.5, 0.6) is 0 Å². The van der Waals surface area contributed by atoms with Crippen molar-refractivity contribution in [2.45, 2.75) is 0 Å². The van der Waals surface area contributed by atoms with E-state index in [4.69, 9.17) is 10.5 Å². The van der Waals surface area contributed by atoms with Gasteiger partial charge in [-0.25, -0.2) is 0 Å². The number of hydrogen-bond donors (Lipinski definition) is 1. The number of para-hydroxylation sites is 1. The summed E-state index contributed by atoms with van der Waals surface area (Å²) in [5.41, 5.74) is 2.03. The molecule has 110 valence electrons. The van der Waals surface area contributed by atoms with E-state index in [2.05, 4.69) is 5.32 Å². The number of nitrogens with zero attached hydrogens (tertiary/aromatic N) is 2. The van der Waals surface area contributed by atoms with Gasteiger partial charge < -0.3 is 5.32 Å². The molecule has 2 aromatic carbocycles. The highest BCUT2D eigenvalue weighted by Crippen LogP contribution is 2.18. The third-order valence-corrected chi connectivity index (χ3v) is 3.02. The van der Waals surface area contributed by atoms with Crippen LogP contribution in [0.15, 0.2) is 72.3 Å². The summed E-state index contributed by atoms with van der Waals surface area (Å²) in [5.74, 6) is -0.197. The Balaban J connectivity index is 2.20. The lowest BCUT2D eigenvalue weighted by Crippen LogP contribution is -2.12. The SMILES string of the molecule is N#CC(C#N)=C/C=C/c1ccccc1NC(=O)c1ccccc1. The highest BCUT2D eigenvalue weighted by molar-refractivity contribution is 6.05. The number of allylic oxidation sites excluding steroid dienone is 3. The minimum atomic E-state index is -0.197. The fourth-order valence-corrected chi connectivity index (χ4v) is 1.89. The quantitative estimate of drug-likeness (QED) is 0.686. The number of nitriles is 2. The average Bonchev–Trinajstić information content (AvgIpc) is 2.61. The molecule has 2 rings (SSSR count). The van der Waals surface area contributed by atoms with Crippen molar-refractivity contribution in [1.29, 1.82) is 10.5 Å². The highest BCUT2D eigenvalue weighted by atomic mass is 16.1. The lowest BCUT2D eigenvalue weighted by atomic mass is 10.1. The number of rotatable bonds is 4. The molecule has 4 nitrogen and oxygen atoms in total. The Hall–Kier alpha value is -3.63. The average molecular weight is 299 g/mol. The zero-order chi connectivity index (χ0) is 16.5. The van der Waals surface area contributed by atoms with Crippen LogP contribution in [0.2, 0.25) is 0 Å². The molecule has 0 heterocycles. The molecule has 0 saturated heterocycles. The maximum Gasteiger partial charge on any atom is 0.255 e. The molecule has 2 aromatic rings. The van der Waals surface area contributed by atoms with E-state index in [1.807, 2.05) is 24.3 Å². The first-order chi connectivity index (χ1) is 11.2. The molecule has 0 saturated carbocycles. The fourth-order valence-electron chi connectivity index (χ4n) is 1.89. The topological polar surface area (TPSA) is 76.7 Å². The van der Waals surface area contributed by atoms with Gasteiger partial charge in [0.1, 0.15) is 17.7 Å². The Labute approximate surface area is 134 Å². The first kappa shape index (κ1) is 15.8. The number of benzene rings is 2. The first-order valence-corrected chi connectivity index (χ1v) is 6.88. The molecule has 0 aliphatic carbocycles. The summed E-state index contributed by atoms with van der Waals surface area (Å²) < 4.78 is 0. The number of carbonyl (C=O) groups excluding carboxylic acids is 1. The van der Waals surface area contributed by atoms with Crippen molar-refractivity contribution >= 4 is 17.7 Å². The summed E-state index contributed by atoms with van der Waals surface area (Å²) in [5, 5.41) is 20.2. The molecule has 0 aliphatic rings. The Morgan fingerprint density at radius 3 is 2.30 bits per heavy atom. The summed E-state index contributed by atoms with van der Waals surface area (Å²) in [6, 6.07) is 19.8. The third kappa shape index (κ3) is 4.42. The summed E-state index contributed by atoms with van der Waals surface area (Å²) in [7, 11) is 0. The van der Waals surface area contributed by atoms with Crippen molar-refractivity contribution in [2.75, 3.05) is 5.32 Å². The van der Waals surface area contributed by atoms with E-state index in [1.54, 1.807) is 54.6 Å². The van der Waals surface area contributed by atoms with Gasteiger partial charge in [0.05, 0.1) is 0 Å². The van der Waals surface area contributed by atoms with Crippen molar-refractivity contribution in [2.24, 2.45) is 0 Å². The number of amides is 1. The first-order valence-electron chi connectivity index (χ1n) is 6.88. The largest absolute Gasteiger partial charge is 0.321 e. The fraction of sp³-hybridized carbons (Fsp3) is 0. The van der Waals surface area contributed by atoms with E-state index < -0.39 is 0 Å². The molecule has 0 unspecified atom stereocenters. The molecule has 0 bridgehead atoms. The Bertz CT molecular complexity index is 821. The molecule has 23 heavy (non-hydrogen) atoms. The van der Waals surface area contributed by atoms with Crippen molar-refractivity contribution < 1.29 is 4.79 Å². The lowest BCUT2D eigenvalue weighted by molar-refractivity contribution is 0.102. The van der Waals surface area contributed by atoms with Crippen LogP contribution in [0.3, 0.4) is 0 Å². The van der Waals surface area contributed by atoms with Crippen LogP contribution in [-0.4, -0.2) is 5.91 Å². The van der Waals surface area contributed by atoms with Gasteiger partial charge in [-0.3, -0.25) is 4.79 Å². The van der Waals surface area contributed by atoms with Gasteiger partial charge in [-0.1, -0.05) is 48.6 Å². The van der Waals surface area contributed by atoms with Crippen molar-refractivity contribution in [1.82, 2.24) is 0 Å². The highest BCUT2D eigenvalue weighted by Gasteiger charge is 2.06. The van der Waals surface area contributed by atoms with Crippen molar-refractivity contribution in [3.05, 3.63) is 83.4 Å². The van der Waals surface area contributed by atoms with Crippen molar-refractivity contribution in [3.8, 4) is 12.1 Å². The second-order valence-corrected chi connectivity index (χ2v) is 4.57. The summed E-state index contributed by atoms with van der Waals surface area (Å²) in [4.78, 5) is 12.2. The van der Waals surface area contributed by atoms with Crippen LogP contribution >= 0.6 is 0 Å². The zero-order valence-corrected chi connectivity index (χ0v) is 12.2. The Kier molecular flexibility index (Phi) is 5.46. The maximum absolute atomic E-state index is 12.2. The van der Waals surface area contributed by atoms with Gasteiger partial charge in [-0.15, -0.1) is 0 Å². The van der Waals surface area contributed by atoms with Crippen molar-refractivity contribution in [3.63, 3.8) is 0 Å². The lowest BCUT2D eigenvalue weighted by Gasteiger charge is -2.08. The standard InChI is InChI=1S/C19H13N3O/c20-13-15(14-21)7-6-11-16-8-4-5-12-18(16)22-19(23)17-9-2-1-3-10-17/h1-12H,(H,22,23)/b11-6+. The van der Waals surface area contributed by atoms with Gasteiger partial charge in [0.15, 0.2) is 0 Å². The van der Waals surface area contributed by atoms with Crippen LogP contribution < -0.4 is 5.32 Å². The Morgan fingerprint density at radius 2 is 1.61 bits per heavy atom. The van der Waals surface area contributed by atoms with E-state index >= 15 is 0 Å². The van der Waals surface area contributed by atoms with E-state index in [0.717, 1.165) is 5.56 Å². The minimum Gasteiger partial charge on any atom is -0.321 e. The molecule has 0 fully saturated rings. The van der Waals surface area contributed by atoms with E-state index in [0.29, 0.717) is 11.3 Å². The molecular weight excluding hydrogens is 286 g/mol. The number of nitrogens with one attached hydrogen (secondary N) is 1. The van der Waals surface area contributed by atoms with Gasteiger partial charge in [0.25, 0.3) is 5.91 Å². The van der Waals surface area contributed by atoms with Crippen LogP contribution in [0.25, 0.3) is 6.08 Å². The van der Waals surface area contributed by atoms with Gasteiger partial charge in [0, 0.05) is 11.3 Å². The molecular formula is C19H13N3O. The van der Waals surface area contributed by atoms with Gasteiger partial charge >= 0.3 is 0 Å². The maximum atomic E-state index is 12.2. The van der Waals surface area contributed by atoms with Crippen LogP contribution in [0, 0.1) is 22.7 Å². The molecule has 0 spiro atoms. The minimum absolute atomic E-state index is 0.0204. The van der Waals surface area contributed by atoms with Gasteiger partial charge in [0.2, 0.25) is 0 Å². The predicted molar refractivity (Wildman–Crippen MR) is 89.2 cm³/mol. The number of anilines is 1. The summed E-state index contributed by atoms with van der Waals surface area (Å²) >= 11 is 0. The molecule has 0 aliphatic heterocycles. The smallest absolute Gasteiger partial charge is 0.255 e. The third-order valence-electron chi connectivity index (χ3n) is 3.02. The van der Waals surface area contributed by atoms with Crippen LogP contribution in [-0.2, 0) is 0 Å². The van der Waals surface area contributed by atoms with E-state index in [1.165, 1.54) is 6.08 Å². The molecule has 4 heteroatoms. The molecule has 1 amide bonds. The van der Waals surface area contributed by atoms with Crippen LogP contribution in [0.4, 0.5) is 5.69 Å². The van der Waals surface area contributed by atoms with E-state index in [-0.39, 0.29) is 11.5 Å². The predicted octanol–water partition coefficient (Wildman–Crippen LogP) is 3.93. The summed E-state index contributed by atoms with van der Waals surface area (Å²) in [6.45, 7) is 0. The molecule has 0 atom stereocenters. The summed E-state index contributed by atoms with van der Waals surface area (Å²) in [6.07, 6.45) is 4.76. The molecule has 0 aromatic heterocycles. The Morgan fingerprint density at radius 1 is 0.957 bits per heavy atom. The second-order valence-electron chi connectivity index (χ2n) is 4.57. The number of carbonyl (C=O) groups is 1. The number of hydrogen-bond acceptors (Lipinski definition) is 3. The van der Waals surface area contributed by atoms with E-state index in [9.17, 15) is 4.79 Å². The van der Waals surface area contributed by atoms with Gasteiger partial charge in [-0.05, 0) is 29.8 Å². The molecule has 1 N–H and O–H groups in total.